The maximum absolute atomic E-state index is 11.3. The van der Waals surface area contributed by atoms with Crippen molar-refractivity contribution in [3.63, 3.8) is 0 Å². The molecule has 0 radical (unpaired) electrons. The molecule has 0 saturated carbocycles. The summed E-state index contributed by atoms with van der Waals surface area (Å²) in [7, 11) is -3.20. The summed E-state index contributed by atoms with van der Waals surface area (Å²) in [6.45, 7) is 10.3. The Morgan fingerprint density at radius 1 is 1.37 bits per heavy atom. The molecule has 0 aliphatic rings. The van der Waals surface area contributed by atoms with Gasteiger partial charge in [0.25, 0.3) is 0 Å². The lowest BCUT2D eigenvalue weighted by atomic mass is 10.1. The molecule has 0 saturated heterocycles. The van der Waals surface area contributed by atoms with Crippen LogP contribution in [-0.2, 0) is 10.0 Å². The lowest BCUT2D eigenvalue weighted by molar-refractivity contribution is 0.396. The number of hydrogen-bond donors (Lipinski definition) is 2. The number of aryl methyl sites for hydroxylation is 2. The molecule has 0 fully saturated rings. The van der Waals surface area contributed by atoms with Gasteiger partial charge in [0.15, 0.2) is 0 Å². The molecule has 1 aromatic heterocycles. The minimum Gasteiger partial charge on any atom is -0.307 e. The second-order valence-electron chi connectivity index (χ2n) is 5.54. The molecule has 5 nitrogen and oxygen atoms in total. The van der Waals surface area contributed by atoms with E-state index in [4.69, 9.17) is 0 Å². The van der Waals surface area contributed by atoms with Crippen molar-refractivity contribution in [3.8, 4) is 0 Å². The number of nitrogens with one attached hydrogen (secondary N) is 2. The Bertz CT molecular complexity index is 535. The molecule has 0 aromatic carbocycles. The van der Waals surface area contributed by atoms with Crippen LogP contribution in [0.5, 0.6) is 0 Å². The lowest BCUT2D eigenvalue weighted by Gasteiger charge is -2.27. The fourth-order valence-electron chi connectivity index (χ4n) is 1.99. The summed E-state index contributed by atoms with van der Waals surface area (Å²) in [6.07, 6.45) is 1.17. The van der Waals surface area contributed by atoms with Gasteiger partial charge in [-0.05, 0) is 34.6 Å². The zero-order chi connectivity index (χ0) is 14.8. The minimum atomic E-state index is -3.20. The van der Waals surface area contributed by atoms with E-state index in [1.165, 1.54) is 11.1 Å². The van der Waals surface area contributed by atoms with Crippen molar-refractivity contribution >= 4 is 21.4 Å². The van der Waals surface area contributed by atoms with Crippen molar-refractivity contribution in [2.45, 2.75) is 46.2 Å². The SMILES string of the molecule is Cc1nc(C(C)NCC(C)(C)NS(C)(=O)=O)c(C)s1. The molecule has 1 rings (SSSR count). The van der Waals surface area contributed by atoms with Crippen LogP contribution in [0.15, 0.2) is 0 Å². The molecule has 0 aliphatic carbocycles. The van der Waals surface area contributed by atoms with Crippen LogP contribution in [-0.4, -0.2) is 31.7 Å². The van der Waals surface area contributed by atoms with Crippen LogP contribution in [0.1, 0.15) is 42.4 Å². The lowest BCUT2D eigenvalue weighted by Crippen LogP contribution is -2.50. The van der Waals surface area contributed by atoms with Gasteiger partial charge in [0.05, 0.1) is 17.0 Å². The van der Waals surface area contributed by atoms with Gasteiger partial charge in [-0.15, -0.1) is 11.3 Å². The molecule has 110 valence electrons. The third kappa shape index (κ3) is 5.56. The fraction of sp³-hybridized carbons (Fsp3) is 0.750. The summed E-state index contributed by atoms with van der Waals surface area (Å²) in [5, 5.41) is 4.38. The van der Waals surface area contributed by atoms with Crippen LogP contribution in [0.4, 0.5) is 0 Å². The van der Waals surface area contributed by atoms with Gasteiger partial charge in [0.1, 0.15) is 0 Å². The highest BCUT2D eigenvalue weighted by atomic mass is 32.2. The molecule has 0 amide bonds. The molecule has 0 spiro atoms. The average Bonchev–Trinajstić information content (AvgIpc) is 2.51. The molecule has 2 N–H and O–H groups in total. The summed E-state index contributed by atoms with van der Waals surface area (Å²) in [6, 6.07) is 0.102. The van der Waals surface area contributed by atoms with E-state index in [0.29, 0.717) is 6.54 Å². The van der Waals surface area contributed by atoms with Crippen LogP contribution in [0.2, 0.25) is 0 Å². The molecule has 1 aromatic rings. The summed E-state index contributed by atoms with van der Waals surface area (Å²) < 4.78 is 25.2. The van der Waals surface area contributed by atoms with Gasteiger partial charge in [0, 0.05) is 23.0 Å². The van der Waals surface area contributed by atoms with Crippen molar-refractivity contribution in [2.75, 3.05) is 12.8 Å². The van der Waals surface area contributed by atoms with E-state index in [2.05, 4.69) is 21.9 Å². The highest BCUT2D eigenvalue weighted by molar-refractivity contribution is 7.88. The Balaban J connectivity index is 2.64. The van der Waals surface area contributed by atoms with E-state index in [0.717, 1.165) is 10.7 Å². The average molecular weight is 305 g/mol. The van der Waals surface area contributed by atoms with E-state index in [1.54, 1.807) is 11.3 Å². The van der Waals surface area contributed by atoms with Crippen molar-refractivity contribution in [1.82, 2.24) is 15.0 Å². The van der Waals surface area contributed by atoms with Crippen molar-refractivity contribution in [2.24, 2.45) is 0 Å². The third-order valence-corrected chi connectivity index (χ3v) is 4.49. The Morgan fingerprint density at radius 3 is 2.37 bits per heavy atom. The first kappa shape index (κ1) is 16.6. The van der Waals surface area contributed by atoms with Crippen LogP contribution in [0.25, 0.3) is 0 Å². The standard InChI is InChI=1S/C12H23N3O2S2/c1-8(11-9(2)18-10(3)14-11)13-7-12(4,5)15-19(6,16)17/h8,13,15H,7H2,1-6H3. The molecule has 1 atom stereocenters. The largest absolute Gasteiger partial charge is 0.307 e. The number of aromatic nitrogens is 1. The molecule has 1 heterocycles. The number of hydrogen-bond acceptors (Lipinski definition) is 5. The predicted molar refractivity (Wildman–Crippen MR) is 80.1 cm³/mol. The first-order valence-electron chi connectivity index (χ1n) is 6.16. The summed E-state index contributed by atoms with van der Waals surface area (Å²) in [4.78, 5) is 5.70. The number of nitrogens with zero attached hydrogens (tertiary/aromatic N) is 1. The Labute approximate surface area is 119 Å². The predicted octanol–water partition coefficient (Wildman–Crippen LogP) is 1.74. The summed E-state index contributed by atoms with van der Waals surface area (Å²) in [5.74, 6) is 0. The molecular formula is C12H23N3O2S2. The molecule has 19 heavy (non-hydrogen) atoms. The normalized spacial score (nSPS) is 14.6. The van der Waals surface area contributed by atoms with Crippen LogP contribution in [0, 0.1) is 13.8 Å². The quantitative estimate of drug-likeness (QED) is 0.840. The Kier molecular flexibility index (Phi) is 5.11. The topological polar surface area (TPSA) is 71.1 Å². The smallest absolute Gasteiger partial charge is 0.209 e. The molecule has 1 unspecified atom stereocenters. The maximum atomic E-state index is 11.3. The second kappa shape index (κ2) is 5.87. The summed E-state index contributed by atoms with van der Waals surface area (Å²) >= 11 is 1.68. The highest BCUT2D eigenvalue weighted by Gasteiger charge is 2.23. The number of sulfonamides is 1. The van der Waals surface area contributed by atoms with Gasteiger partial charge < -0.3 is 5.32 Å². The van der Waals surface area contributed by atoms with E-state index in [1.807, 2.05) is 27.7 Å². The molecule has 7 heteroatoms. The van der Waals surface area contributed by atoms with Crippen molar-refractivity contribution < 1.29 is 8.42 Å². The Morgan fingerprint density at radius 2 is 1.95 bits per heavy atom. The van der Waals surface area contributed by atoms with E-state index >= 15 is 0 Å². The molecule has 0 bridgehead atoms. The minimum absolute atomic E-state index is 0.102. The molecular weight excluding hydrogens is 282 g/mol. The van der Waals surface area contributed by atoms with Gasteiger partial charge in [-0.1, -0.05) is 0 Å². The number of thiazole rings is 1. The first-order valence-corrected chi connectivity index (χ1v) is 8.87. The van der Waals surface area contributed by atoms with E-state index in [-0.39, 0.29) is 6.04 Å². The summed E-state index contributed by atoms with van der Waals surface area (Å²) in [5.41, 5.74) is 0.513. The third-order valence-electron chi connectivity index (χ3n) is 2.66. The second-order valence-corrected chi connectivity index (χ2v) is 8.69. The first-order chi connectivity index (χ1) is 8.50. The maximum Gasteiger partial charge on any atom is 0.209 e. The van der Waals surface area contributed by atoms with Crippen LogP contribution < -0.4 is 10.0 Å². The van der Waals surface area contributed by atoms with Crippen LogP contribution >= 0.6 is 11.3 Å². The highest BCUT2D eigenvalue weighted by Crippen LogP contribution is 2.22. The number of rotatable bonds is 6. The monoisotopic (exact) mass is 305 g/mol. The van der Waals surface area contributed by atoms with Gasteiger partial charge in [-0.3, -0.25) is 0 Å². The van der Waals surface area contributed by atoms with E-state index in [9.17, 15) is 8.42 Å². The van der Waals surface area contributed by atoms with Crippen molar-refractivity contribution in [3.05, 3.63) is 15.6 Å². The molecule has 0 aliphatic heterocycles. The van der Waals surface area contributed by atoms with Gasteiger partial charge in [-0.2, -0.15) is 0 Å². The zero-order valence-electron chi connectivity index (χ0n) is 12.4. The van der Waals surface area contributed by atoms with Crippen molar-refractivity contribution in [1.29, 1.82) is 0 Å². The zero-order valence-corrected chi connectivity index (χ0v) is 14.0. The van der Waals surface area contributed by atoms with E-state index < -0.39 is 15.6 Å². The van der Waals surface area contributed by atoms with Crippen LogP contribution in [0.3, 0.4) is 0 Å². The van der Waals surface area contributed by atoms with Gasteiger partial charge >= 0.3 is 0 Å². The van der Waals surface area contributed by atoms with Gasteiger partial charge in [-0.25, -0.2) is 18.1 Å². The van der Waals surface area contributed by atoms with Gasteiger partial charge in [0.2, 0.25) is 10.0 Å². The Hall–Kier alpha value is -0.500. The fourth-order valence-corrected chi connectivity index (χ4v) is 3.98.